The van der Waals surface area contributed by atoms with Crippen molar-refractivity contribution in [2.24, 2.45) is 0 Å². The van der Waals surface area contributed by atoms with Gasteiger partial charge in [-0.2, -0.15) is 0 Å². The molecule has 0 bridgehead atoms. The number of non-ortho nitro benzene ring substituents is 1. The molecule has 1 N–H and O–H groups in total. The number of anilines is 1. The number of carbonyl (C=O) groups excluding carboxylic acids is 1. The molecule has 2 rings (SSSR count). The highest BCUT2D eigenvalue weighted by Crippen LogP contribution is 2.41. The number of fused-ring (bicyclic) bond motifs is 1. The van der Waals surface area contributed by atoms with Gasteiger partial charge in [-0.1, -0.05) is 13.8 Å². The molecule has 0 aliphatic carbocycles. The lowest BCUT2D eigenvalue weighted by molar-refractivity contribution is -0.384. The van der Waals surface area contributed by atoms with Crippen molar-refractivity contribution in [2.75, 3.05) is 5.32 Å². The van der Waals surface area contributed by atoms with Crippen molar-refractivity contribution >= 4 is 17.7 Å². The summed E-state index contributed by atoms with van der Waals surface area (Å²) in [6.07, 6.45) is 0.839. The average Bonchev–Trinajstić information content (AvgIpc) is 2.49. The topological polar surface area (TPSA) is 72.2 Å². The van der Waals surface area contributed by atoms with Crippen molar-refractivity contribution in [1.82, 2.24) is 0 Å². The summed E-state index contributed by atoms with van der Waals surface area (Å²) in [5.41, 5.74) is 1.33. The van der Waals surface area contributed by atoms with Gasteiger partial charge in [-0.3, -0.25) is 10.1 Å². The molecule has 0 aromatic heterocycles. The zero-order valence-corrected chi connectivity index (χ0v) is 9.06. The van der Waals surface area contributed by atoms with Gasteiger partial charge in [0.25, 0.3) is 5.69 Å². The van der Waals surface area contributed by atoms with Crippen molar-refractivity contribution in [3.05, 3.63) is 33.9 Å². The molecule has 84 valence electrons. The predicted octanol–water partition coefficient (Wildman–Crippen LogP) is 1.87. The summed E-state index contributed by atoms with van der Waals surface area (Å²) in [6.45, 7) is 3.88. The highest BCUT2D eigenvalue weighted by Gasteiger charge is 2.39. The maximum absolute atomic E-state index is 10.9. The Morgan fingerprint density at radius 2 is 2.19 bits per heavy atom. The Bertz CT molecular complexity index is 468. The van der Waals surface area contributed by atoms with Gasteiger partial charge in [0.15, 0.2) is 0 Å². The zero-order valence-electron chi connectivity index (χ0n) is 9.06. The van der Waals surface area contributed by atoms with Crippen LogP contribution in [0, 0.1) is 10.1 Å². The van der Waals surface area contributed by atoms with Crippen LogP contribution in [0.25, 0.3) is 0 Å². The summed E-state index contributed by atoms with van der Waals surface area (Å²) >= 11 is 0. The first-order chi connectivity index (χ1) is 7.46. The normalized spacial score (nSPS) is 21.0. The van der Waals surface area contributed by atoms with Gasteiger partial charge >= 0.3 is 0 Å². The fourth-order valence-corrected chi connectivity index (χ4v) is 2.05. The SMILES string of the molecule is CC1(C)c2ccc([N+](=O)[O-])cc2NC1C=O. The molecule has 1 heterocycles. The molecule has 1 aliphatic heterocycles. The summed E-state index contributed by atoms with van der Waals surface area (Å²) in [7, 11) is 0. The van der Waals surface area contributed by atoms with Crippen LogP contribution in [0.3, 0.4) is 0 Å². The Morgan fingerprint density at radius 1 is 1.50 bits per heavy atom. The molecule has 5 heteroatoms. The molecular weight excluding hydrogens is 208 g/mol. The summed E-state index contributed by atoms with van der Waals surface area (Å²) in [4.78, 5) is 21.1. The van der Waals surface area contributed by atoms with E-state index >= 15 is 0 Å². The molecule has 0 spiro atoms. The van der Waals surface area contributed by atoms with Gasteiger partial charge in [0.2, 0.25) is 0 Å². The minimum atomic E-state index is -0.441. The minimum absolute atomic E-state index is 0.0357. The monoisotopic (exact) mass is 220 g/mol. The molecule has 1 aromatic rings. The third kappa shape index (κ3) is 1.36. The molecule has 5 nitrogen and oxygen atoms in total. The second kappa shape index (κ2) is 3.30. The van der Waals surface area contributed by atoms with E-state index in [1.807, 2.05) is 13.8 Å². The second-order valence-corrected chi connectivity index (χ2v) is 4.47. The molecule has 0 radical (unpaired) electrons. The number of rotatable bonds is 2. The maximum atomic E-state index is 10.9. The van der Waals surface area contributed by atoms with Crippen LogP contribution in [0.15, 0.2) is 18.2 Å². The molecule has 1 aliphatic rings. The fraction of sp³-hybridized carbons (Fsp3) is 0.364. The number of carbonyl (C=O) groups is 1. The number of nitrogens with one attached hydrogen (secondary N) is 1. The van der Waals surface area contributed by atoms with Gasteiger partial charge in [0.05, 0.1) is 11.0 Å². The molecule has 0 saturated carbocycles. The number of hydrogen-bond donors (Lipinski definition) is 1. The Morgan fingerprint density at radius 3 is 2.75 bits per heavy atom. The Kier molecular flexibility index (Phi) is 2.18. The van der Waals surface area contributed by atoms with E-state index in [4.69, 9.17) is 0 Å². The first kappa shape index (κ1) is 10.6. The molecule has 0 fully saturated rings. The van der Waals surface area contributed by atoms with Gasteiger partial charge in [-0.25, -0.2) is 0 Å². The number of nitrogens with zero attached hydrogens (tertiary/aromatic N) is 1. The van der Waals surface area contributed by atoms with Gasteiger partial charge in [-0.05, 0) is 11.6 Å². The van der Waals surface area contributed by atoms with E-state index in [-0.39, 0.29) is 17.1 Å². The van der Waals surface area contributed by atoms with Crippen LogP contribution in [-0.2, 0) is 10.2 Å². The summed E-state index contributed by atoms with van der Waals surface area (Å²) in [6, 6.07) is 4.32. The van der Waals surface area contributed by atoms with Gasteiger partial charge < -0.3 is 10.1 Å². The Balaban J connectivity index is 2.51. The highest BCUT2D eigenvalue weighted by molar-refractivity contribution is 5.77. The smallest absolute Gasteiger partial charge is 0.271 e. The quantitative estimate of drug-likeness (QED) is 0.469. The molecule has 16 heavy (non-hydrogen) atoms. The van der Waals surface area contributed by atoms with Crippen molar-refractivity contribution in [3.63, 3.8) is 0 Å². The van der Waals surface area contributed by atoms with E-state index in [9.17, 15) is 14.9 Å². The average molecular weight is 220 g/mol. The van der Waals surface area contributed by atoms with Gasteiger partial charge in [0, 0.05) is 23.2 Å². The van der Waals surface area contributed by atoms with Gasteiger partial charge in [-0.15, -0.1) is 0 Å². The maximum Gasteiger partial charge on any atom is 0.271 e. The lowest BCUT2D eigenvalue weighted by atomic mass is 9.81. The van der Waals surface area contributed by atoms with E-state index in [2.05, 4.69) is 5.32 Å². The van der Waals surface area contributed by atoms with Crippen LogP contribution >= 0.6 is 0 Å². The first-order valence-corrected chi connectivity index (χ1v) is 4.97. The lowest BCUT2D eigenvalue weighted by Gasteiger charge is -2.22. The van der Waals surface area contributed by atoms with E-state index in [1.54, 1.807) is 6.07 Å². The highest BCUT2D eigenvalue weighted by atomic mass is 16.6. The molecule has 1 aromatic carbocycles. The number of hydrogen-bond acceptors (Lipinski definition) is 4. The third-order valence-corrected chi connectivity index (χ3v) is 3.13. The standard InChI is InChI=1S/C11H12N2O3/c1-11(2)8-4-3-7(13(15)16)5-9(8)12-10(11)6-14/h3-6,10,12H,1-2H3. The van der Waals surface area contributed by atoms with Gasteiger partial charge in [0.1, 0.15) is 6.29 Å². The fourth-order valence-electron chi connectivity index (χ4n) is 2.05. The van der Waals surface area contributed by atoms with Crippen LogP contribution in [0.2, 0.25) is 0 Å². The number of aldehydes is 1. The summed E-state index contributed by atoms with van der Waals surface area (Å²) < 4.78 is 0. The van der Waals surface area contributed by atoms with Crippen LogP contribution in [0.4, 0.5) is 11.4 Å². The van der Waals surface area contributed by atoms with Crippen molar-refractivity contribution in [1.29, 1.82) is 0 Å². The van der Waals surface area contributed by atoms with Crippen LogP contribution in [0.1, 0.15) is 19.4 Å². The molecule has 1 unspecified atom stereocenters. The zero-order chi connectivity index (χ0) is 11.9. The van der Waals surface area contributed by atoms with Crippen LogP contribution in [0.5, 0.6) is 0 Å². The summed E-state index contributed by atoms with van der Waals surface area (Å²) in [5.74, 6) is 0. The number of nitro benzene ring substituents is 1. The Hall–Kier alpha value is -1.91. The molecule has 1 atom stereocenters. The van der Waals surface area contributed by atoms with E-state index < -0.39 is 4.92 Å². The number of benzene rings is 1. The van der Waals surface area contributed by atoms with Crippen molar-refractivity contribution < 1.29 is 9.72 Å². The molecular formula is C11H12N2O3. The van der Waals surface area contributed by atoms with E-state index in [1.165, 1.54) is 12.1 Å². The number of nitro groups is 1. The largest absolute Gasteiger partial charge is 0.374 e. The molecule has 0 amide bonds. The van der Waals surface area contributed by atoms with E-state index in [0.717, 1.165) is 11.8 Å². The Labute approximate surface area is 92.6 Å². The third-order valence-electron chi connectivity index (χ3n) is 3.13. The van der Waals surface area contributed by atoms with Crippen molar-refractivity contribution in [2.45, 2.75) is 25.3 Å². The predicted molar refractivity (Wildman–Crippen MR) is 59.6 cm³/mol. The molecule has 0 saturated heterocycles. The van der Waals surface area contributed by atoms with Crippen LogP contribution in [-0.4, -0.2) is 17.3 Å². The second-order valence-electron chi connectivity index (χ2n) is 4.47. The van der Waals surface area contributed by atoms with Crippen LogP contribution < -0.4 is 5.32 Å². The van der Waals surface area contributed by atoms with Crippen molar-refractivity contribution in [3.8, 4) is 0 Å². The summed E-state index contributed by atoms with van der Waals surface area (Å²) in [5, 5.41) is 13.6. The first-order valence-electron chi connectivity index (χ1n) is 4.97. The minimum Gasteiger partial charge on any atom is -0.374 e. The lowest BCUT2D eigenvalue weighted by Crippen LogP contribution is -2.34. The van der Waals surface area contributed by atoms with E-state index in [0.29, 0.717) is 5.69 Å².